The number of anilines is 1. The van der Waals surface area contributed by atoms with Crippen molar-refractivity contribution in [3.05, 3.63) is 137 Å². The van der Waals surface area contributed by atoms with Crippen LogP contribution in [0.25, 0.3) is 0 Å². The highest BCUT2D eigenvalue weighted by molar-refractivity contribution is 7.92. The molecule has 4 aromatic rings. The van der Waals surface area contributed by atoms with E-state index >= 15 is 0 Å². The molecule has 0 unspecified atom stereocenters. The number of amides is 2. The van der Waals surface area contributed by atoms with Crippen LogP contribution in [0.1, 0.15) is 75.7 Å². The summed E-state index contributed by atoms with van der Waals surface area (Å²) in [5.74, 6) is -0.611. The van der Waals surface area contributed by atoms with Crippen molar-refractivity contribution in [3.8, 4) is 0 Å². The maximum atomic E-state index is 13.8. The number of nitrogens with one attached hydrogen (secondary N) is 3. The Balaban J connectivity index is 1.57. The summed E-state index contributed by atoms with van der Waals surface area (Å²) in [6, 6.07) is 30.5. The highest BCUT2D eigenvalue weighted by Gasteiger charge is 2.25. The summed E-state index contributed by atoms with van der Waals surface area (Å²) in [6.07, 6.45) is 0.442. The van der Waals surface area contributed by atoms with Crippen molar-refractivity contribution in [1.29, 1.82) is 0 Å². The fourth-order valence-electron chi connectivity index (χ4n) is 5.32. The predicted molar refractivity (Wildman–Crippen MR) is 192 cm³/mol. The lowest BCUT2D eigenvalue weighted by molar-refractivity contribution is 0.0830. The van der Waals surface area contributed by atoms with E-state index in [4.69, 9.17) is 0 Å². The van der Waals surface area contributed by atoms with Crippen LogP contribution in [0.2, 0.25) is 0 Å². The van der Waals surface area contributed by atoms with Crippen LogP contribution in [0.5, 0.6) is 0 Å². The Hall–Kier alpha value is -4.51. The van der Waals surface area contributed by atoms with Crippen molar-refractivity contribution in [2.24, 2.45) is 0 Å². The van der Waals surface area contributed by atoms with Gasteiger partial charge in [-0.3, -0.25) is 13.9 Å². The second kappa shape index (κ2) is 16.5. The first-order chi connectivity index (χ1) is 22.8. The smallest absolute Gasteiger partial charge is 0.251 e. The molecule has 0 spiro atoms. The summed E-state index contributed by atoms with van der Waals surface area (Å²) in [6.45, 7) is 6.89. The topological polar surface area (TPSA) is 128 Å². The van der Waals surface area contributed by atoms with Crippen molar-refractivity contribution in [3.63, 3.8) is 0 Å². The highest BCUT2D eigenvalue weighted by Crippen LogP contribution is 2.23. The van der Waals surface area contributed by atoms with E-state index in [-0.39, 0.29) is 29.4 Å². The van der Waals surface area contributed by atoms with Crippen molar-refractivity contribution in [1.82, 2.24) is 16.0 Å². The van der Waals surface area contributed by atoms with Gasteiger partial charge in [0.2, 0.25) is 10.0 Å². The Morgan fingerprint density at radius 1 is 0.750 bits per heavy atom. The van der Waals surface area contributed by atoms with E-state index in [1.807, 2.05) is 79.7 Å². The second-order valence-corrected chi connectivity index (χ2v) is 14.5. The van der Waals surface area contributed by atoms with Gasteiger partial charge in [-0.15, -0.1) is 0 Å². The molecule has 0 bridgehead atoms. The molecule has 4 rings (SSSR count). The predicted octanol–water partition coefficient (Wildman–Crippen LogP) is 5.19. The lowest BCUT2D eigenvalue weighted by Crippen LogP contribution is -2.48. The number of hydrogen-bond acceptors (Lipinski definition) is 6. The van der Waals surface area contributed by atoms with E-state index < -0.39 is 34.0 Å². The standard InChI is InChI=1S/C38H46N4O5S/c1-26(2)31-18-12-15-29(19-31)24-39-25-36(43)35(20-28-13-8-6-9-14-28)41-38(45)33-21-32(22-34(23-33)42(4)48(5,46)47)37(44)40-27(3)30-16-10-7-11-17-30/h6-19,21-23,26-27,35-36,39,43H,20,24-25H2,1-5H3,(H,40,44)(H,41,45)/t27-,35+,36-/m1/s1. The van der Waals surface area contributed by atoms with Gasteiger partial charge in [-0.05, 0) is 59.7 Å². The van der Waals surface area contributed by atoms with Gasteiger partial charge in [0.1, 0.15) is 0 Å². The molecule has 0 heterocycles. The molecule has 9 nitrogen and oxygen atoms in total. The molecule has 0 aromatic heterocycles. The quantitative estimate of drug-likeness (QED) is 0.138. The SMILES string of the molecule is CC(C)c1cccc(CNC[C@@H](O)[C@H](Cc2ccccc2)NC(=O)c2cc(C(=O)N[C@H](C)c3ccccc3)cc(N(C)S(C)(=O)=O)c2)c1. The van der Waals surface area contributed by atoms with Crippen LogP contribution in [-0.4, -0.2) is 57.3 Å². The lowest BCUT2D eigenvalue weighted by Gasteiger charge is -2.26. The Bertz CT molecular complexity index is 1780. The molecular weight excluding hydrogens is 625 g/mol. The molecule has 4 aromatic carbocycles. The minimum Gasteiger partial charge on any atom is -0.390 e. The van der Waals surface area contributed by atoms with Crippen LogP contribution >= 0.6 is 0 Å². The molecule has 2 amide bonds. The molecule has 0 saturated carbocycles. The van der Waals surface area contributed by atoms with Gasteiger partial charge in [-0.25, -0.2) is 8.42 Å². The Labute approximate surface area is 284 Å². The van der Waals surface area contributed by atoms with Gasteiger partial charge >= 0.3 is 0 Å². The van der Waals surface area contributed by atoms with Gasteiger partial charge in [-0.2, -0.15) is 0 Å². The third-order valence-electron chi connectivity index (χ3n) is 8.33. The molecule has 0 aliphatic heterocycles. The monoisotopic (exact) mass is 670 g/mol. The lowest BCUT2D eigenvalue weighted by atomic mass is 9.99. The molecule has 4 N–H and O–H groups in total. The molecule has 48 heavy (non-hydrogen) atoms. The van der Waals surface area contributed by atoms with Gasteiger partial charge in [-0.1, -0.05) is 98.8 Å². The summed E-state index contributed by atoms with van der Waals surface area (Å²) in [7, 11) is -2.34. The van der Waals surface area contributed by atoms with Gasteiger partial charge in [0.25, 0.3) is 11.8 Å². The van der Waals surface area contributed by atoms with Crippen LogP contribution in [0.4, 0.5) is 5.69 Å². The summed E-state index contributed by atoms with van der Waals surface area (Å²) < 4.78 is 26.0. The number of sulfonamides is 1. The Kier molecular flexibility index (Phi) is 12.5. The summed E-state index contributed by atoms with van der Waals surface area (Å²) in [5.41, 5.74) is 4.52. The van der Waals surface area contributed by atoms with Crippen molar-refractivity contribution in [2.75, 3.05) is 24.2 Å². The first-order valence-corrected chi connectivity index (χ1v) is 17.9. The normalized spacial score (nSPS) is 13.4. The van der Waals surface area contributed by atoms with E-state index in [1.54, 1.807) is 0 Å². The summed E-state index contributed by atoms with van der Waals surface area (Å²) in [5, 5.41) is 20.6. The highest BCUT2D eigenvalue weighted by atomic mass is 32.2. The van der Waals surface area contributed by atoms with Gasteiger partial charge in [0.15, 0.2) is 0 Å². The van der Waals surface area contributed by atoms with E-state index in [0.29, 0.717) is 18.9 Å². The van der Waals surface area contributed by atoms with Crippen molar-refractivity contribution in [2.45, 2.75) is 57.8 Å². The van der Waals surface area contributed by atoms with Crippen LogP contribution in [0.3, 0.4) is 0 Å². The Morgan fingerprint density at radius 3 is 1.92 bits per heavy atom. The average molecular weight is 671 g/mol. The molecule has 10 heteroatoms. The maximum Gasteiger partial charge on any atom is 0.251 e. The fraction of sp³-hybridized carbons (Fsp3) is 0.316. The fourth-order valence-corrected chi connectivity index (χ4v) is 5.81. The minimum atomic E-state index is -3.70. The summed E-state index contributed by atoms with van der Waals surface area (Å²) >= 11 is 0. The maximum absolute atomic E-state index is 13.8. The van der Waals surface area contributed by atoms with E-state index in [0.717, 1.165) is 27.3 Å². The zero-order valence-corrected chi connectivity index (χ0v) is 29.0. The first-order valence-electron chi connectivity index (χ1n) is 16.1. The number of carbonyl (C=O) groups is 2. The number of aliphatic hydroxyl groups is 1. The van der Waals surface area contributed by atoms with Gasteiger partial charge < -0.3 is 21.1 Å². The molecule has 3 atom stereocenters. The van der Waals surface area contributed by atoms with Gasteiger partial charge in [0, 0.05) is 31.3 Å². The number of hydrogen-bond donors (Lipinski definition) is 4. The molecule has 254 valence electrons. The number of benzene rings is 4. The molecule has 0 aliphatic rings. The van der Waals surface area contributed by atoms with Crippen LogP contribution in [0.15, 0.2) is 103 Å². The van der Waals surface area contributed by atoms with E-state index in [1.165, 1.54) is 30.8 Å². The number of aliphatic hydroxyl groups excluding tert-OH is 1. The van der Waals surface area contributed by atoms with Crippen LogP contribution in [0, 0.1) is 0 Å². The van der Waals surface area contributed by atoms with Crippen LogP contribution < -0.4 is 20.3 Å². The zero-order chi connectivity index (χ0) is 34.8. The Morgan fingerprint density at radius 2 is 1.31 bits per heavy atom. The third-order valence-corrected chi connectivity index (χ3v) is 9.54. The zero-order valence-electron chi connectivity index (χ0n) is 28.2. The number of nitrogens with zero attached hydrogens (tertiary/aromatic N) is 1. The first kappa shape index (κ1) is 36.3. The van der Waals surface area contributed by atoms with Gasteiger partial charge in [0.05, 0.1) is 30.1 Å². The van der Waals surface area contributed by atoms with Crippen molar-refractivity contribution >= 4 is 27.5 Å². The molecule has 0 aliphatic carbocycles. The molecule has 0 saturated heterocycles. The van der Waals surface area contributed by atoms with Crippen LogP contribution in [-0.2, 0) is 23.0 Å². The summed E-state index contributed by atoms with van der Waals surface area (Å²) in [4.78, 5) is 27.3. The molecule has 0 fully saturated rings. The van der Waals surface area contributed by atoms with E-state index in [2.05, 4.69) is 41.9 Å². The average Bonchev–Trinajstić information content (AvgIpc) is 3.07. The van der Waals surface area contributed by atoms with Crippen molar-refractivity contribution < 1.29 is 23.1 Å². The molecular formula is C38H46N4O5S. The minimum absolute atomic E-state index is 0.0873. The second-order valence-electron chi connectivity index (χ2n) is 12.5. The largest absolute Gasteiger partial charge is 0.390 e. The molecule has 0 radical (unpaired) electrons. The number of rotatable bonds is 15. The number of carbonyl (C=O) groups excluding carboxylic acids is 2. The third kappa shape index (κ3) is 10.2. The van der Waals surface area contributed by atoms with E-state index in [9.17, 15) is 23.1 Å².